The molecule has 0 N–H and O–H groups in total. The summed E-state index contributed by atoms with van der Waals surface area (Å²) in [4.78, 5) is 2.73. The van der Waals surface area contributed by atoms with Crippen LogP contribution in [0.15, 0.2) is 12.2 Å². The molecule has 0 bridgehead atoms. The van der Waals surface area contributed by atoms with Gasteiger partial charge in [-0.3, -0.25) is 0 Å². The van der Waals surface area contributed by atoms with E-state index in [4.69, 9.17) is 0 Å². The Hall–Kier alpha value is -0.300. The van der Waals surface area contributed by atoms with Crippen LogP contribution in [0.2, 0.25) is 0 Å². The zero-order chi connectivity index (χ0) is 11.2. The Morgan fingerprint density at radius 1 is 1.06 bits per heavy atom. The molecule has 16 heavy (non-hydrogen) atoms. The molecule has 0 aromatic heterocycles. The predicted molar refractivity (Wildman–Crippen MR) is 70.6 cm³/mol. The topological polar surface area (TPSA) is 3.24 Å². The zero-order valence-electron chi connectivity index (χ0n) is 10.8. The van der Waals surface area contributed by atoms with Gasteiger partial charge in [-0.25, -0.2) is 0 Å². The van der Waals surface area contributed by atoms with Crippen molar-refractivity contribution in [3.05, 3.63) is 12.2 Å². The summed E-state index contributed by atoms with van der Waals surface area (Å²) < 4.78 is 0. The van der Waals surface area contributed by atoms with Gasteiger partial charge in [0.1, 0.15) is 0 Å². The van der Waals surface area contributed by atoms with E-state index in [1.807, 2.05) is 0 Å². The summed E-state index contributed by atoms with van der Waals surface area (Å²) in [6.07, 6.45) is 14.9. The van der Waals surface area contributed by atoms with Crippen molar-refractivity contribution in [1.29, 1.82) is 0 Å². The van der Waals surface area contributed by atoms with Crippen LogP contribution in [0.3, 0.4) is 0 Å². The molecule has 1 heterocycles. The van der Waals surface area contributed by atoms with Crippen LogP contribution in [0.1, 0.15) is 51.9 Å². The minimum atomic E-state index is 0.836. The molecular formula is C15H27N. The van der Waals surface area contributed by atoms with Crippen LogP contribution in [0.4, 0.5) is 0 Å². The first-order chi connectivity index (χ1) is 7.88. The fraction of sp³-hybridized carbons (Fsp3) is 0.867. The number of likely N-dealkylation sites (tertiary alicyclic amines) is 1. The fourth-order valence-corrected chi connectivity index (χ4v) is 3.42. The van der Waals surface area contributed by atoms with Gasteiger partial charge in [-0.05, 0) is 51.0 Å². The zero-order valence-corrected chi connectivity index (χ0v) is 10.8. The maximum Gasteiger partial charge on any atom is 0.00444 e. The maximum atomic E-state index is 2.73. The summed E-state index contributed by atoms with van der Waals surface area (Å²) in [5.41, 5.74) is 0. The van der Waals surface area contributed by atoms with Crippen LogP contribution in [-0.4, -0.2) is 24.5 Å². The lowest BCUT2D eigenvalue weighted by Crippen LogP contribution is -2.38. The van der Waals surface area contributed by atoms with Crippen LogP contribution in [-0.2, 0) is 0 Å². The van der Waals surface area contributed by atoms with Gasteiger partial charge in [0.15, 0.2) is 0 Å². The Balaban J connectivity index is 1.75. The average Bonchev–Trinajstić information content (AvgIpc) is 2.31. The summed E-state index contributed by atoms with van der Waals surface area (Å²) in [6.45, 7) is 6.21. The van der Waals surface area contributed by atoms with Gasteiger partial charge in [0.05, 0.1) is 0 Å². The summed E-state index contributed by atoms with van der Waals surface area (Å²) in [5, 5.41) is 0. The first kappa shape index (κ1) is 12.2. The minimum Gasteiger partial charge on any atom is -0.302 e. The maximum absolute atomic E-state index is 2.73. The van der Waals surface area contributed by atoms with Crippen molar-refractivity contribution < 1.29 is 0 Å². The molecule has 1 atom stereocenters. The van der Waals surface area contributed by atoms with Crippen molar-refractivity contribution in [3.63, 3.8) is 0 Å². The minimum absolute atomic E-state index is 0.836. The van der Waals surface area contributed by atoms with Crippen molar-refractivity contribution in [2.45, 2.75) is 51.9 Å². The number of hydrogen-bond acceptors (Lipinski definition) is 1. The number of nitrogens with zero attached hydrogens (tertiary/aromatic N) is 1. The molecule has 1 aliphatic carbocycles. The third-order valence-corrected chi connectivity index (χ3v) is 4.25. The SMILES string of the molecule is C/C=C/C1CCCN(CC2CCCCC2)C1. The third-order valence-electron chi connectivity index (χ3n) is 4.25. The van der Waals surface area contributed by atoms with E-state index in [-0.39, 0.29) is 0 Å². The molecule has 1 nitrogen and oxygen atoms in total. The summed E-state index contributed by atoms with van der Waals surface area (Å²) >= 11 is 0. The Bertz CT molecular complexity index is 215. The number of hydrogen-bond donors (Lipinski definition) is 0. The molecule has 2 fully saturated rings. The molecule has 0 spiro atoms. The molecule has 0 amide bonds. The van der Waals surface area contributed by atoms with Crippen LogP contribution in [0.25, 0.3) is 0 Å². The predicted octanol–water partition coefficient (Wildman–Crippen LogP) is 3.85. The highest BCUT2D eigenvalue weighted by Gasteiger charge is 2.21. The van der Waals surface area contributed by atoms with Crippen molar-refractivity contribution >= 4 is 0 Å². The quantitative estimate of drug-likeness (QED) is 0.654. The van der Waals surface area contributed by atoms with Gasteiger partial charge < -0.3 is 4.90 Å². The van der Waals surface area contributed by atoms with Crippen LogP contribution in [0, 0.1) is 11.8 Å². The van der Waals surface area contributed by atoms with Crippen molar-refractivity contribution in [1.82, 2.24) is 4.90 Å². The largest absolute Gasteiger partial charge is 0.302 e. The Labute approximate surface area is 101 Å². The molecular weight excluding hydrogens is 194 g/mol. The molecule has 0 aromatic rings. The van der Waals surface area contributed by atoms with E-state index >= 15 is 0 Å². The van der Waals surface area contributed by atoms with E-state index in [9.17, 15) is 0 Å². The van der Waals surface area contributed by atoms with Crippen LogP contribution < -0.4 is 0 Å². The standard InChI is InChI=1S/C15H27N/c1-2-7-14-10-6-11-16(12-14)13-15-8-4-3-5-9-15/h2,7,14-15H,3-6,8-13H2,1H3/b7-2+. The molecule has 1 saturated carbocycles. The Morgan fingerprint density at radius 3 is 2.62 bits per heavy atom. The van der Waals surface area contributed by atoms with E-state index < -0.39 is 0 Å². The molecule has 1 heteroatoms. The van der Waals surface area contributed by atoms with Crippen molar-refractivity contribution in [2.75, 3.05) is 19.6 Å². The molecule has 2 rings (SSSR count). The van der Waals surface area contributed by atoms with E-state index in [1.54, 1.807) is 0 Å². The lowest BCUT2D eigenvalue weighted by Gasteiger charge is -2.35. The van der Waals surface area contributed by atoms with Gasteiger partial charge in [0.25, 0.3) is 0 Å². The van der Waals surface area contributed by atoms with Gasteiger partial charge in [0, 0.05) is 13.1 Å². The average molecular weight is 221 g/mol. The van der Waals surface area contributed by atoms with Crippen LogP contribution in [0.5, 0.6) is 0 Å². The highest BCUT2D eigenvalue weighted by molar-refractivity contribution is 4.90. The fourth-order valence-electron chi connectivity index (χ4n) is 3.42. The van der Waals surface area contributed by atoms with Gasteiger partial charge in [-0.2, -0.15) is 0 Å². The summed E-state index contributed by atoms with van der Waals surface area (Å²) in [6, 6.07) is 0. The second kappa shape index (κ2) is 6.44. The molecule has 1 unspecified atom stereocenters. The highest BCUT2D eigenvalue weighted by Crippen LogP contribution is 2.26. The number of allylic oxidation sites excluding steroid dienone is 1. The first-order valence-corrected chi connectivity index (χ1v) is 7.23. The van der Waals surface area contributed by atoms with E-state index in [0.29, 0.717) is 0 Å². The van der Waals surface area contributed by atoms with Gasteiger partial charge in [-0.15, -0.1) is 0 Å². The molecule has 0 radical (unpaired) electrons. The summed E-state index contributed by atoms with van der Waals surface area (Å²) in [7, 11) is 0. The molecule has 92 valence electrons. The van der Waals surface area contributed by atoms with E-state index in [1.165, 1.54) is 64.6 Å². The normalized spacial score (nSPS) is 29.9. The molecule has 2 aliphatic rings. The highest BCUT2D eigenvalue weighted by atomic mass is 15.1. The first-order valence-electron chi connectivity index (χ1n) is 7.23. The Morgan fingerprint density at radius 2 is 1.88 bits per heavy atom. The number of rotatable bonds is 3. The van der Waals surface area contributed by atoms with Gasteiger partial charge in [-0.1, -0.05) is 31.4 Å². The third kappa shape index (κ3) is 3.62. The lowest BCUT2D eigenvalue weighted by molar-refractivity contribution is 0.153. The monoisotopic (exact) mass is 221 g/mol. The molecule has 0 aromatic carbocycles. The second-order valence-electron chi connectivity index (χ2n) is 5.69. The van der Waals surface area contributed by atoms with Crippen molar-refractivity contribution in [3.8, 4) is 0 Å². The molecule has 1 aliphatic heterocycles. The second-order valence-corrected chi connectivity index (χ2v) is 5.69. The smallest absolute Gasteiger partial charge is 0.00444 e. The van der Waals surface area contributed by atoms with E-state index in [0.717, 1.165) is 11.8 Å². The lowest BCUT2D eigenvalue weighted by atomic mass is 9.88. The molecule has 1 saturated heterocycles. The van der Waals surface area contributed by atoms with E-state index in [2.05, 4.69) is 24.0 Å². The summed E-state index contributed by atoms with van der Waals surface area (Å²) in [5.74, 6) is 1.85. The van der Waals surface area contributed by atoms with Gasteiger partial charge >= 0.3 is 0 Å². The number of piperidine rings is 1. The van der Waals surface area contributed by atoms with Crippen molar-refractivity contribution in [2.24, 2.45) is 11.8 Å². The van der Waals surface area contributed by atoms with Gasteiger partial charge in [0.2, 0.25) is 0 Å². The Kier molecular flexibility index (Phi) is 4.90. The van der Waals surface area contributed by atoms with Crippen LogP contribution >= 0.6 is 0 Å².